The molecule has 0 bridgehead atoms. The summed E-state index contributed by atoms with van der Waals surface area (Å²) in [5.74, 6) is 1.66. The zero-order valence-corrected chi connectivity index (χ0v) is 12.9. The van der Waals surface area contributed by atoms with Crippen molar-refractivity contribution in [1.82, 2.24) is 19.3 Å². The number of benzene rings is 1. The average molecular weight is 298 g/mol. The Labute approximate surface area is 128 Å². The number of hydrogen-bond acceptors (Lipinski definition) is 4. The van der Waals surface area contributed by atoms with Gasteiger partial charge in [-0.05, 0) is 18.2 Å². The topological polar surface area (TPSA) is 54.1 Å². The van der Waals surface area contributed by atoms with Gasteiger partial charge in [-0.25, -0.2) is 4.98 Å². The molecule has 0 unspecified atom stereocenters. The van der Waals surface area contributed by atoms with E-state index >= 15 is 0 Å². The summed E-state index contributed by atoms with van der Waals surface area (Å²) in [6.45, 7) is 0.491. The summed E-state index contributed by atoms with van der Waals surface area (Å²) >= 11 is 0. The van der Waals surface area contributed by atoms with E-state index in [1.807, 2.05) is 48.4 Å². The van der Waals surface area contributed by atoms with Gasteiger partial charge in [-0.2, -0.15) is 5.10 Å². The predicted octanol–water partition coefficient (Wildman–Crippen LogP) is 2.43. The number of imidazole rings is 1. The zero-order chi connectivity index (χ0) is 15.5. The van der Waals surface area contributed by atoms with Crippen molar-refractivity contribution in [2.45, 2.75) is 6.61 Å². The summed E-state index contributed by atoms with van der Waals surface area (Å²) in [6, 6.07) is 5.97. The van der Waals surface area contributed by atoms with E-state index in [1.165, 1.54) is 0 Å². The third-order valence-electron chi connectivity index (χ3n) is 3.45. The van der Waals surface area contributed by atoms with Crippen molar-refractivity contribution in [3.05, 3.63) is 48.5 Å². The number of rotatable bonds is 5. The van der Waals surface area contributed by atoms with Crippen LogP contribution in [0.4, 0.5) is 0 Å². The average Bonchev–Trinajstić information content (AvgIpc) is 3.16. The highest BCUT2D eigenvalue weighted by Crippen LogP contribution is 2.27. The van der Waals surface area contributed by atoms with Crippen LogP contribution in [0.15, 0.2) is 43.0 Å². The van der Waals surface area contributed by atoms with Gasteiger partial charge < -0.3 is 9.47 Å². The van der Waals surface area contributed by atoms with E-state index in [0.717, 1.165) is 28.4 Å². The first-order chi connectivity index (χ1) is 10.7. The maximum absolute atomic E-state index is 5.37. The monoisotopic (exact) mass is 298 g/mol. The lowest BCUT2D eigenvalue weighted by Crippen LogP contribution is -1.98. The molecule has 0 atom stereocenters. The number of aromatic nitrogens is 4. The van der Waals surface area contributed by atoms with Gasteiger partial charge in [-0.15, -0.1) is 0 Å². The van der Waals surface area contributed by atoms with E-state index in [2.05, 4.69) is 10.1 Å². The lowest BCUT2D eigenvalue weighted by molar-refractivity contribution is 0.181. The lowest BCUT2D eigenvalue weighted by atomic mass is 10.1. The molecule has 1 aromatic carbocycles. The number of aryl methyl sites for hydroxylation is 1. The minimum Gasteiger partial charge on any atom is -0.496 e. The molecule has 0 fully saturated rings. The van der Waals surface area contributed by atoms with E-state index < -0.39 is 0 Å². The highest BCUT2D eigenvalue weighted by Gasteiger charge is 2.12. The summed E-state index contributed by atoms with van der Waals surface area (Å²) in [6.07, 6.45) is 7.46. The minimum atomic E-state index is 0.491. The van der Waals surface area contributed by atoms with E-state index in [9.17, 15) is 0 Å². The number of nitrogens with zero attached hydrogens (tertiary/aromatic N) is 4. The Kier molecular flexibility index (Phi) is 3.93. The first-order valence-corrected chi connectivity index (χ1v) is 6.91. The van der Waals surface area contributed by atoms with Crippen LogP contribution in [0.5, 0.6) is 5.75 Å². The van der Waals surface area contributed by atoms with Crippen molar-refractivity contribution in [2.75, 3.05) is 14.2 Å². The molecule has 0 aliphatic carbocycles. The molecule has 114 valence electrons. The van der Waals surface area contributed by atoms with E-state index in [-0.39, 0.29) is 0 Å². The van der Waals surface area contributed by atoms with Crippen molar-refractivity contribution in [3.63, 3.8) is 0 Å². The molecule has 6 nitrogen and oxygen atoms in total. The number of ether oxygens (including phenoxy) is 2. The third kappa shape index (κ3) is 2.60. The molecule has 2 aromatic heterocycles. The SMILES string of the molecule is COCc1cc(-c2nccn2-c2cnn(C)c2)ccc1OC. The van der Waals surface area contributed by atoms with Crippen LogP contribution in [0.25, 0.3) is 17.1 Å². The molecule has 0 saturated heterocycles. The molecule has 0 aliphatic rings. The first-order valence-electron chi connectivity index (χ1n) is 6.91. The molecule has 0 amide bonds. The fourth-order valence-corrected chi connectivity index (χ4v) is 2.44. The maximum atomic E-state index is 5.37. The molecule has 0 radical (unpaired) electrons. The largest absolute Gasteiger partial charge is 0.496 e. The maximum Gasteiger partial charge on any atom is 0.144 e. The molecule has 0 aliphatic heterocycles. The summed E-state index contributed by atoms with van der Waals surface area (Å²) < 4.78 is 14.4. The van der Waals surface area contributed by atoms with Gasteiger partial charge in [-0.1, -0.05) is 0 Å². The van der Waals surface area contributed by atoms with Gasteiger partial charge in [0.1, 0.15) is 11.6 Å². The van der Waals surface area contributed by atoms with Crippen molar-refractivity contribution in [1.29, 1.82) is 0 Å². The van der Waals surface area contributed by atoms with Crippen molar-refractivity contribution in [3.8, 4) is 22.8 Å². The fourth-order valence-electron chi connectivity index (χ4n) is 2.44. The summed E-state index contributed by atoms with van der Waals surface area (Å²) in [5, 5.41) is 4.21. The predicted molar refractivity (Wildman–Crippen MR) is 83.0 cm³/mol. The van der Waals surface area contributed by atoms with Crippen molar-refractivity contribution in [2.24, 2.45) is 7.05 Å². The Hall–Kier alpha value is -2.60. The van der Waals surface area contributed by atoms with Crippen LogP contribution in [0, 0.1) is 0 Å². The van der Waals surface area contributed by atoms with Gasteiger partial charge in [0, 0.05) is 43.9 Å². The van der Waals surface area contributed by atoms with Gasteiger partial charge in [0.05, 0.1) is 25.6 Å². The van der Waals surface area contributed by atoms with Crippen molar-refractivity contribution < 1.29 is 9.47 Å². The smallest absolute Gasteiger partial charge is 0.144 e. The molecular formula is C16H18N4O2. The highest BCUT2D eigenvalue weighted by atomic mass is 16.5. The highest BCUT2D eigenvalue weighted by molar-refractivity contribution is 5.61. The second kappa shape index (κ2) is 6.03. The molecular weight excluding hydrogens is 280 g/mol. The van der Waals surface area contributed by atoms with E-state index in [1.54, 1.807) is 25.1 Å². The quantitative estimate of drug-likeness (QED) is 0.726. The first kappa shape index (κ1) is 14.3. The van der Waals surface area contributed by atoms with E-state index in [0.29, 0.717) is 6.61 Å². The van der Waals surface area contributed by atoms with Crippen LogP contribution in [0.2, 0.25) is 0 Å². The van der Waals surface area contributed by atoms with Crippen LogP contribution in [0.3, 0.4) is 0 Å². The normalized spacial score (nSPS) is 10.9. The Balaban J connectivity index is 2.05. The Bertz CT molecular complexity index is 776. The van der Waals surface area contributed by atoms with Crippen molar-refractivity contribution >= 4 is 0 Å². The molecule has 6 heteroatoms. The minimum absolute atomic E-state index is 0.491. The standard InChI is InChI=1S/C16H18N4O2/c1-19-10-14(9-18-19)20-7-6-17-16(20)12-4-5-15(22-3)13(8-12)11-21-2/h4-10H,11H2,1-3H3. The molecule has 0 N–H and O–H groups in total. The summed E-state index contributed by atoms with van der Waals surface area (Å²) in [4.78, 5) is 4.47. The Morgan fingerprint density at radius 3 is 2.77 bits per heavy atom. The van der Waals surface area contributed by atoms with Gasteiger partial charge in [0.25, 0.3) is 0 Å². The molecule has 2 heterocycles. The Morgan fingerprint density at radius 1 is 1.23 bits per heavy atom. The fraction of sp³-hybridized carbons (Fsp3) is 0.250. The van der Waals surface area contributed by atoms with Crippen LogP contribution in [-0.2, 0) is 18.4 Å². The zero-order valence-electron chi connectivity index (χ0n) is 12.9. The van der Waals surface area contributed by atoms with Crippen LogP contribution >= 0.6 is 0 Å². The summed E-state index contributed by atoms with van der Waals surface area (Å²) in [7, 11) is 5.22. The second-order valence-corrected chi connectivity index (χ2v) is 4.95. The Morgan fingerprint density at radius 2 is 2.09 bits per heavy atom. The van der Waals surface area contributed by atoms with Gasteiger partial charge in [-0.3, -0.25) is 9.25 Å². The third-order valence-corrected chi connectivity index (χ3v) is 3.45. The van der Waals surface area contributed by atoms with Gasteiger partial charge >= 0.3 is 0 Å². The van der Waals surface area contributed by atoms with E-state index in [4.69, 9.17) is 9.47 Å². The van der Waals surface area contributed by atoms with Gasteiger partial charge in [0.2, 0.25) is 0 Å². The van der Waals surface area contributed by atoms with Crippen LogP contribution in [-0.4, -0.2) is 33.6 Å². The van der Waals surface area contributed by atoms with Crippen LogP contribution < -0.4 is 4.74 Å². The summed E-state index contributed by atoms with van der Waals surface area (Å²) in [5.41, 5.74) is 2.96. The molecule has 0 saturated carbocycles. The lowest BCUT2D eigenvalue weighted by Gasteiger charge is -2.11. The van der Waals surface area contributed by atoms with Crippen LogP contribution in [0.1, 0.15) is 5.56 Å². The molecule has 3 aromatic rings. The van der Waals surface area contributed by atoms with Gasteiger partial charge in [0.15, 0.2) is 0 Å². The number of methoxy groups -OCH3 is 2. The molecule has 22 heavy (non-hydrogen) atoms. The second-order valence-electron chi connectivity index (χ2n) is 4.95. The number of hydrogen-bond donors (Lipinski definition) is 0. The molecule has 0 spiro atoms. The molecule has 3 rings (SSSR count).